The summed E-state index contributed by atoms with van der Waals surface area (Å²) in [5.74, 6) is -1.16. The van der Waals surface area contributed by atoms with Crippen LogP contribution in [0, 0.1) is 11.7 Å². The Labute approximate surface area is 118 Å². The van der Waals surface area contributed by atoms with Crippen LogP contribution in [-0.4, -0.2) is 43.2 Å². The second kappa shape index (κ2) is 6.22. The van der Waals surface area contributed by atoms with E-state index >= 15 is 0 Å². The van der Waals surface area contributed by atoms with Gasteiger partial charge in [-0.25, -0.2) is 4.39 Å². The van der Waals surface area contributed by atoms with Gasteiger partial charge in [-0.1, -0.05) is 0 Å². The number of likely N-dealkylation sites (tertiary alicyclic amines) is 1. The van der Waals surface area contributed by atoms with Gasteiger partial charge in [-0.3, -0.25) is 9.69 Å². The Hall–Kier alpha value is -1.62. The van der Waals surface area contributed by atoms with E-state index in [0.717, 1.165) is 24.3 Å². The highest BCUT2D eigenvalue weighted by molar-refractivity contribution is 5.70. The van der Waals surface area contributed by atoms with Crippen LogP contribution in [0.2, 0.25) is 0 Å². The minimum absolute atomic E-state index is 0.230. The van der Waals surface area contributed by atoms with Gasteiger partial charge in [-0.15, -0.1) is 0 Å². The summed E-state index contributed by atoms with van der Waals surface area (Å²) < 4.78 is 13.4. The number of piperidine rings is 1. The van der Waals surface area contributed by atoms with Gasteiger partial charge in [-0.2, -0.15) is 0 Å². The fourth-order valence-electron chi connectivity index (χ4n) is 2.70. The van der Waals surface area contributed by atoms with Crippen molar-refractivity contribution in [2.75, 3.05) is 32.1 Å². The van der Waals surface area contributed by atoms with Crippen LogP contribution < -0.4 is 4.90 Å². The molecule has 0 radical (unpaired) electrons. The Balaban J connectivity index is 2.04. The molecule has 0 aromatic heterocycles. The first-order valence-electron chi connectivity index (χ1n) is 6.88. The first kappa shape index (κ1) is 14.8. The standard InChI is InChI=1S/C15H21FN2O2/c1-17(2)14-4-3-13(16)9-12(14)10-18-7-5-11(6-8-18)15(19)20/h3-4,9,11H,5-8,10H2,1-2H3,(H,19,20). The summed E-state index contributed by atoms with van der Waals surface area (Å²) in [7, 11) is 3.88. The lowest BCUT2D eigenvalue weighted by atomic mass is 9.96. The zero-order valence-electron chi connectivity index (χ0n) is 12.0. The third kappa shape index (κ3) is 3.48. The van der Waals surface area contributed by atoms with Crippen molar-refractivity contribution >= 4 is 11.7 Å². The molecule has 2 rings (SSSR count). The van der Waals surface area contributed by atoms with Crippen molar-refractivity contribution in [3.05, 3.63) is 29.6 Å². The fourth-order valence-corrected chi connectivity index (χ4v) is 2.70. The number of carbonyl (C=O) groups is 1. The number of halogens is 1. The second-order valence-electron chi connectivity index (χ2n) is 5.56. The van der Waals surface area contributed by atoms with E-state index in [-0.39, 0.29) is 11.7 Å². The molecule has 0 bridgehead atoms. The van der Waals surface area contributed by atoms with Crippen molar-refractivity contribution < 1.29 is 14.3 Å². The summed E-state index contributed by atoms with van der Waals surface area (Å²) in [6, 6.07) is 4.82. The Bertz CT molecular complexity index is 483. The van der Waals surface area contributed by atoms with E-state index in [1.54, 1.807) is 12.1 Å². The number of hydrogen-bond acceptors (Lipinski definition) is 3. The summed E-state index contributed by atoms with van der Waals surface area (Å²) in [6.07, 6.45) is 1.34. The van der Waals surface area contributed by atoms with Crippen LogP contribution in [0.4, 0.5) is 10.1 Å². The van der Waals surface area contributed by atoms with Crippen LogP contribution in [0.5, 0.6) is 0 Å². The average Bonchev–Trinajstić information content (AvgIpc) is 2.39. The summed E-state index contributed by atoms with van der Waals surface area (Å²) in [5, 5.41) is 8.99. The monoisotopic (exact) mass is 280 g/mol. The summed E-state index contributed by atoms with van der Waals surface area (Å²) in [4.78, 5) is 15.1. The van der Waals surface area contributed by atoms with E-state index in [2.05, 4.69) is 4.90 Å². The van der Waals surface area contributed by atoms with E-state index < -0.39 is 5.97 Å². The van der Waals surface area contributed by atoms with Gasteiger partial charge in [0.1, 0.15) is 5.82 Å². The Morgan fingerprint density at radius 1 is 1.40 bits per heavy atom. The van der Waals surface area contributed by atoms with E-state index in [4.69, 9.17) is 5.11 Å². The second-order valence-corrected chi connectivity index (χ2v) is 5.56. The van der Waals surface area contributed by atoms with Gasteiger partial charge in [0, 0.05) is 26.3 Å². The number of anilines is 1. The molecule has 1 heterocycles. The molecule has 5 heteroatoms. The topological polar surface area (TPSA) is 43.8 Å². The Kier molecular flexibility index (Phi) is 4.60. The fraction of sp³-hybridized carbons (Fsp3) is 0.533. The lowest BCUT2D eigenvalue weighted by Crippen LogP contribution is -2.36. The molecule has 1 aromatic rings. The number of rotatable bonds is 4. The zero-order chi connectivity index (χ0) is 14.7. The molecule has 0 saturated carbocycles. The van der Waals surface area contributed by atoms with Gasteiger partial charge < -0.3 is 10.0 Å². The van der Waals surface area contributed by atoms with E-state index in [0.29, 0.717) is 19.4 Å². The maximum absolute atomic E-state index is 13.4. The van der Waals surface area contributed by atoms with Gasteiger partial charge in [0.2, 0.25) is 0 Å². The first-order chi connectivity index (χ1) is 9.47. The van der Waals surface area contributed by atoms with Crippen LogP contribution in [0.15, 0.2) is 18.2 Å². The number of carboxylic acids is 1. The van der Waals surface area contributed by atoms with E-state index in [9.17, 15) is 9.18 Å². The molecule has 1 saturated heterocycles. The summed E-state index contributed by atoms with van der Waals surface area (Å²) in [6.45, 7) is 2.16. The normalized spacial score (nSPS) is 17.1. The van der Waals surface area contributed by atoms with Gasteiger partial charge in [0.05, 0.1) is 5.92 Å². The van der Waals surface area contributed by atoms with Gasteiger partial charge in [0.25, 0.3) is 0 Å². The quantitative estimate of drug-likeness (QED) is 0.918. The van der Waals surface area contributed by atoms with Crippen LogP contribution in [0.1, 0.15) is 18.4 Å². The highest BCUT2D eigenvalue weighted by Gasteiger charge is 2.24. The van der Waals surface area contributed by atoms with Crippen LogP contribution >= 0.6 is 0 Å². The van der Waals surface area contributed by atoms with Crippen molar-refractivity contribution in [3.63, 3.8) is 0 Å². The smallest absolute Gasteiger partial charge is 0.306 e. The molecule has 1 aromatic carbocycles. The minimum Gasteiger partial charge on any atom is -0.481 e. The number of aliphatic carboxylic acids is 1. The predicted molar refractivity (Wildman–Crippen MR) is 76.4 cm³/mol. The van der Waals surface area contributed by atoms with Gasteiger partial charge in [0.15, 0.2) is 0 Å². The first-order valence-corrected chi connectivity index (χ1v) is 6.88. The van der Waals surface area contributed by atoms with Gasteiger partial charge in [-0.05, 0) is 49.7 Å². The molecule has 1 N–H and O–H groups in total. The highest BCUT2D eigenvalue weighted by atomic mass is 19.1. The van der Waals surface area contributed by atoms with E-state index in [1.807, 2.05) is 19.0 Å². The van der Waals surface area contributed by atoms with Gasteiger partial charge >= 0.3 is 5.97 Å². The molecule has 1 aliphatic heterocycles. The Morgan fingerprint density at radius 3 is 2.60 bits per heavy atom. The molecule has 110 valence electrons. The predicted octanol–water partition coefficient (Wildman–Crippen LogP) is 2.19. The number of nitrogens with zero attached hydrogens (tertiary/aromatic N) is 2. The largest absolute Gasteiger partial charge is 0.481 e. The molecule has 20 heavy (non-hydrogen) atoms. The summed E-state index contributed by atoms with van der Waals surface area (Å²) in [5.41, 5.74) is 1.95. The molecule has 0 unspecified atom stereocenters. The number of hydrogen-bond donors (Lipinski definition) is 1. The van der Waals surface area contributed by atoms with Crippen molar-refractivity contribution in [2.24, 2.45) is 5.92 Å². The van der Waals surface area contributed by atoms with Crippen LogP contribution in [0.3, 0.4) is 0 Å². The van der Waals surface area contributed by atoms with Crippen molar-refractivity contribution in [3.8, 4) is 0 Å². The van der Waals surface area contributed by atoms with Crippen LogP contribution in [0.25, 0.3) is 0 Å². The lowest BCUT2D eigenvalue weighted by molar-refractivity contribution is -0.143. The molecule has 0 atom stereocenters. The Morgan fingerprint density at radius 2 is 2.05 bits per heavy atom. The maximum atomic E-state index is 13.4. The lowest BCUT2D eigenvalue weighted by Gasteiger charge is -2.31. The van der Waals surface area contributed by atoms with Crippen LogP contribution in [-0.2, 0) is 11.3 Å². The molecule has 0 amide bonds. The third-order valence-corrected chi connectivity index (χ3v) is 3.85. The molecular formula is C15H21FN2O2. The zero-order valence-corrected chi connectivity index (χ0v) is 12.0. The minimum atomic E-state index is -0.704. The third-order valence-electron chi connectivity index (χ3n) is 3.85. The number of benzene rings is 1. The highest BCUT2D eigenvalue weighted by Crippen LogP contribution is 2.24. The van der Waals surface area contributed by atoms with Crippen molar-refractivity contribution in [2.45, 2.75) is 19.4 Å². The molecule has 1 fully saturated rings. The molecule has 1 aliphatic rings. The van der Waals surface area contributed by atoms with Crippen molar-refractivity contribution in [1.82, 2.24) is 4.90 Å². The average molecular weight is 280 g/mol. The molecule has 4 nitrogen and oxygen atoms in total. The SMILES string of the molecule is CN(C)c1ccc(F)cc1CN1CCC(C(=O)O)CC1. The van der Waals surface area contributed by atoms with E-state index in [1.165, 1.54) is 6.07 Å². The maximum Gasteiger partial charge on any atom is 0.306 e. The molecule has 0 spiro atoms. The molecular weight excluding hydrogens is 259 g/mol. The number of carboxylic acid groups (broad SMARTS) is 1. The molecule has 0 aliphatic carbocycles. The summed E-state index contributed by atoms with van der Waals surface area (Å²) >= 11 is 0. The van der Waals surface area contributed by atoms with Crippen molar-refractivity contribution in [1.29, 1.82) is 0 Å².